The molecule has 35 heavy (non-hydrogen) atoms. The van der Waals surface area contributed by atoms with Crippen molar-refractivity contribution in [2.75, 3.05) is 52.4 Å². The smallest absolute Gasteiger partial charge is 0.320 e. The van der Waals surface area contributed by atoms with Crippen molar-refractivity contribution in [2.45, 2.75) is 18.9 Å². The van der Waals surface area contributed by atoms with Crippen LogP contribution in [0.1, 0.15) is 12.0 Å². The standard InChI is InChI=1S/C22H31N3O10/c26-18(27)12-23(8-9-24(13-19(28)29)14-20(30)31)10-11-25(15-21(32)33)17(22(34)35)7-6-16-4-2-1-3-5-16/h1-5,17H,6-15H2,(H,26,27)(H,28,29)(H,30,31)(H,32,33)(H,34,35). The van der Waals surface area contributed by atoms with Gasteiger partial charge in [0.25, 0.3) is 0 Å². The predicted octanol–water partition coefficient (Wildman–Crippen LogP) is -0.683. The number of aryl methyl sites for hydroxylation is 1. The Morgan fingerprint density at radius 2 is 1.09 bits per heavy atom. The van der Waals surface area contributed by atoms with E-state index in [9.17, 15) is 39.3 Å². The number of carboxylic acids is 5. The zero-order valence-corrected chi connectivity index (χ0v) is 19.2. The zero-order valence-electron chi connectivity index (χ0n) is 19.2. The maximum atomic E-state index is 11.9. The molecule has 194 valence electrons. The van der Waals surface area contributed by atoms with E-state index >= 15 is 0 Å². The largest absolute Gasteiger partial charge is 0.480 e. The number of hydrogen-bond acceptors (Lipinski definition) is 8. The minimum atomic E-state index is -1.24. The van der Waals surface area contributed by atoms with E-state index in [1.54, 1.807) is 0 Å². The molecule has 0 aliphatic heterocycles. The van der Waals surface area contributed by atoms with Crippen LogP contribution in [0.3, 0.4) is 0 Å². The van der Waals surface area contributed by atoms with Crippen LogP contribution >= 0.6 is 0 Å². The number of nitrogens with zero attached hydrogens (tertiary/aromatic N) is 3. The molecular weight excluding hydrogens is 466 g/mol. The summed E-state index contributed by atoms with van der Waals surface area (Å²) in [5, 5.41) is 46.1. The Bertz CT molecular complexity index is 848. The SMILES string of the molecule is O=C(O)CN(CCN(CC(=O)O)CC(=O)O)CCN(CC(=O)O)C(CCc1ccccc1)C(=O)O. The van der Waals surface area contributed by atoms with Gasteiger partial charge in [0.1, 0.15) is 6.04 Å². The molecule has 1 unspecified atom stereocenters. The normalized spacial score (nSPS) is 12.1. The van der Waals surface area contributed by atoms with Gasteiger partial charge in [-0.3, -0.25) is 38.7 Å². The first-order chi connectivity index (χ1) is 16.5. The van der Waals surface area contributed by atoms with Crippen molar-refractivity contribution < 1.29 is 49.5 Å². The summed E-state index contributed by atoms with van der Waals surface area (Å²) >= 11 is 0. The second kappa shape index (κ2) is 15.4. The molecule has 1 rings (SSSR count). The van der Waals surface area contributed by atoms with E-state index in [4.69, 9.17) is 10.2 Å². The van der Waals surface area contributed by atoms with E-state index < -0.39 is 62.1 Å². The Balaban J connectivity index is 2.90. The molecule has 0 radical (unpaired) electrons. The molecule has 0 bridgehead atoms. The van der Waals surface area contributed by atoms with E-state index in [1.165, 1.54) is 9.80 Å². The van der Waals surface area contributed by atoms with E-state index in [2.05, 4.69) is 0 Å². The number of aliphatic carboxylic acids is 5. The third kappa shape index (κ3) is 13.1. The fraction of sp³-hybridized carbons (Fsp3) is 0.500. The summed E-state index contributed by atoms with van der Waals surface area (Å²) in [4.78, 5) is 60.3. The molecule has 0 amide bonds. The minimum Gasteiger partial charge on any atom is -0.480 e. The van der Waals surface area contributed by atoms with Gasteiger partial charge in [-0.25, -0.2) is 0 Å². The van der Waals surface area contributed by atoms with Crippen molar-refractivity contribution in [1.82, 2.24) is 14.7 Å². The van der Waals surface area contributed by atoms with Crippen molar-refractivity contribution in [1.29, 1.82) is 0 Å². The van der Waals surface area contributed by atoms with Crippen LogP contribution in [0.25, 0.3) is 0 Å². The van der Waals surface area contributed by atoms with Crippen LogP contribution in [0.2, 0.25) is 0 Å². The first-order valence-electron chi connectivity index (χ1n) is 10.8. The number of hydrogen-bond donors (Lipinski definition) is 5. The van der Waals surface area contributed by atoms with Gasteiger partial charge in [-0.2, -0.15) is 0 Å². The Morgan fingerprint density at radius 3 is 1.57 bits per heavy atom. The Kier molecular flexibility index (Phi) is 12.9. The van der Waals surface area contributed by atoms with Crippen molar-refractivity contribution in [3.05, 3.63) is 35.9 Å². The molecule has 1 atom stereocenters. The van der Waals surface area contributed by atoms with Crippen LogP contribution in [0.5, 0.6) is 0 Å². The second-order valence-electron chi connectivity index (χ2n) is 7.91. The molecule has 0 aliphatic rings. The summed E-state index contributed by atoms with van der Waals surface area (Å²) in [6.45, 7) is -2.35. The molecule has 1 aromatic carbocycles. The molecule has 13 heteroatoms. The molecule has 0 heterocycles. The minimum absolute atomic E-state index is 0.0183. The number of rotatable bonds is 19. The summed E-state index contributed by atoms with van der Waals surface area (Å²) in [6, 6.07) is 7.96. The maximum Gasteiger partial charge on any atom is 0.320 e. The maximum absolute atomic E-state index is 11.9. The lowest BCUT2D eigenvalue weighted by molar-refractivity contribution is -0.147. The first kappa shape index (κ1) is 29.5. The Labute approximate surface area is 201 Å². The Hall–Kier alpha value is -3.55. The van der Waals surface area contributed by atoms with Gasteiger partial charge in [0.05, 0.1) is 26.2 Å². The lowest BCUT2D eigenvalue weighted by Crippen LogP contribution is -2.49. The topological polar surface area (TPSA) is 196 Å². The van der Waals surface area contributed by atoms with Gasteiger partial charge in [0.2, 0.25) is 0 Å². The molecular formula is C22H31N3O10. The molecule has 1 aromatic rings. The fourth-order valence-electron chi connectivity index (χ4n) is 3.54. The lowest BCUT2D eigenvalue weighted by Gasteiger charge is -2.31. The van der Waals surface area contributed by atoms with Crippen molar-refractivity contribution in [2.24, 2.45) is 0 Å². The molecule has 0 spiro atoms. The summed E-state index contributed by atoms with van der Waals surface area (Å²) in [6.07, 6.45) is 0.530. The van der Waals surface area contributed by atoms with Gasteiger partial charge >= 0.3 is 29.8 Å². The zero-order chi connectivity index (χ0) is 26.4. The third-order valence-electron chi connectivity index (χ3n) is 5.13. The van der Waals surface area contributed by atoms with E-state index in [0.717, 1.165) is 10.5 Å². The van der Waals surface area contributed by atoms with Gasteiger partial charge in [-0.15, -0.1) is 0 Å². The highest BCUT2D eigenvalue weighted by Gasteiger charge is 2.28. The third-order valence-corrected chi connectivity index (χ3v) is 5.13. The van der Waals surface area contributed by atoms with Gasteiger partial charge in [0.15, 0.2) is 0 Å². The number of carbonyl (C=O) groups is 5. The summed E-state index contributed by atoms with van der Waals surface area (Å²) in [7, 11) is 0. The van der Waals surface area contributed by atoms with Crippen LogP contribution in [-0.4, -0.2) is 128 Å². The highest BCUT2D eigenvalue weighted by atomic mass is 16.4. The van der Waals surface area contributed by atoms with Crippen molar-refractivity contribution >= 4 is 29.8 Å². The van der Waals surface area contributed by atoms with Crippen LogP contribution in [0, 0.1) is 0 Å². The summed E-state index contributed by atoms with van der Waals surface area (Å²) in [5.41, 5.74) is 0.887. The van der Waals surface area contributed by atoms with Gasteiger partial charge in [-0.1, -0.05) is 30.3 Å². The van der Waals surface area contributed by atoms with Gasteiger partial charge in [-0.05, 0) is 18.4 Å². The average molecular weight is 498 g/mol. The van der Waals surface area contributed by atoms with Gasteiger partial charge < -0.3 is 25.5 Å². The van der Waals surface area contributed by atoms with Crippen LogP contribution in [0.15, 0.2) is 30.3 Å². The summed E-state index contributed by atoms with van der Waals surface area (Å²) in [5.74, 6) is -6.13. The van der Waals surface area contributed by atoms with Crippen molar-refractivity contribution in [3.63, 3.8) is 0 Å². The molecule has 0 aromatic heterocycles. The monoisotopic (exact) mass is 497 g/mol. The highest BCUT2D eigenvalue weighted by molar-refractivity contribution is 5.75. The quantitative estimate of drug-likeness (QED) is 0.161. The van der Waals surface area contributed by atoms with Crippen LogP contribution in [0.4, 0.5) is 0 Å². The molecule has 0 aliphatic carbocycles. The van der Waals surface area contributed by atoms with Crippen LogP contribution in [-0.2, 0) is 30.4 Å². The van der Waals surface area contributed by atoms with Gasteiger partial charge in [0, 0.05) is 26.2 Å². The fourth-order valence-corrected chi connectivity index (χ4v) is 3.54. The van der Waals surface area contributed by atoms with Crippen LogP contribution < -0.4 is 0 Å². The molecule has 0 saturated carbocycles. The molecule has 0 saturated heterocycles. The second-order valence-corrected chi connectivity index (χ2v) is 7.91. The predicted molar refractivity (Wildman–Crippen MR) is 121 cm³/mol. The number of benzene rings is 1. The lowest BCUT2D eigenvalue weighted by atomic mass is 10.0. The molecule has 5 N–H and O–H groups in total. The highest BCUT2D eigenvalue weighted by Crippen LogP contribution is 2.11. The van der Waals surface area contributed by atoms with Crippen molar-refractivity contribution in [3.8, 4) is 0 Å². The van der Waals surface area contributed by atoms with E-state index in [1.807, 2.05) is 30.3 Å². The molecule has 13 nitrogen and oxygen atoms in total. The average Bonchev–Trinajstić information content (AvgIpc) is 2.74. The Morgan fingerprint density at radius 1 is 0.629 bits per heavy atom. The van der Waals surface area contributed by atoms with E-state index in [-0.39, 0.29) is 32.6 Å². The molecule has 0 fully saturated rings. The number of carboxylic acid groups (broad SMARTS) is 5. The van der Waals surface area contributed by atoms with E-state index in [0.29, 0.717) is 6.42 Å². The first-order valence-corrected chi connectivity index (χ1v) is 10.8. The summed E-state index contributed by atoms with van der Waals surface area (Å²) < 4.78 is 0.